The lowest BCUT2D eigenvalue weighted by atomic mass is 9.95. The second kappa shape index (κ2) is 8.41. The molecule has 1 aliphatic heterocycles. The van der Waals surface area contributed by atoms with Crippen molar-refractivity contribution < 1.29 is 13.6 Å². The molecule has 0 N–H and O–H groups in total. The van der Waals surface area contributed by atoms with Gasteiger partial charge in [0.25, 0.3) is 0 Å². The predicted molar refractivity (Wildman–Crippen MR) is 115 cm³/mol. The number of hydrogen-bond donors (Lipinski definition) is 0. The Kier molecular flexibility index (Phi) is 6.30. The van der Waals surface area contributed by atoms with Gasteiger partial charge in [-0.1, -0.05) is 24.3 Å². The maximum absolute atomic E-state index is 14.9. The van der Waals surface area contributed by atoms with Gasteiger partial charge in [-0.15, -0.1) is 12.4 Å². The Morgan fingerprint density at radius 2 is 1.59 bits per heavy atom. The van der Waals surface area contributed by atoms with Gasteiger partial charge in [0.15, 0.2) is 6.29 Å². The van der Waals surface area contributed by atoms with Crippen LogP contribution in [-0.4, -0.2) is 42.9 Å². The Morgan fingerprint density at radius 1 is 1.00 bits per heavy atom. The highest BCUT2D eigenvalue weighted by atomic mass is 35.5. The smallest absolute Gasteiger partial charge is 0.150 e. The minimum atomic E-state index is -0.578. The summed E-state index contributed by atoms with van der Waals surface area (Å²) in [7, 11) is 0. The fourth-order valence-electron chi connectivity index (χ4n) is 4.44. The zero-order chi connectivity index (χ0) is 19.9. The van der Waals surface area contributed by atoms with Gasteiger partial charge >= 0.3 is 0 Å². The zero-order valence-corrected chi connectivity index (χ0v) is 17.6. The molecule has 3 nitrogen and oxygen atoms in total. The van der Waals surface area contributed by atoms with E-state index in [1.807, 2.05) is 0 Å². The van der Waals surface area contributed by atoms with Gasteiger partial charge < -0.3 is 4.90 Å². The summed E-state index contributed by atoms with van der Waals surface area (Å²) < 4.78 is 29.8. The van der Waals surface area contributed by atoms with Crippen molar-refractivity contribution in [2.75, 3.05) is 31.1 Å². The third kappa shape index (κ3) is 4.17. The number of piperazine rings is 1. The number of benzene rings is 2. The van der Waals surface area contributed by atoms with Crippen molar-refractivity contribution >= 4 is 24.4 Å². The molecule has 0 unspecified atom stereocenters. The van der Waals surface area contributed by atoms with Crippen LogP contribution in [0.2, 0.25) is 0 Å². The number of halogens is 3. The highest BCUT2D eigenvalue weighted by Crippen LogP contribution is 2.43. The lowest BCUT2D eigenvalue weighted by molar-refractivity contribution is 0.0916. The van der Waals surface area contributed by atoms with Crippen LogP contribution in [0.3, 0.4) is 0 Å². The normalized spacial score (nSPS) is 17.7. The minimum Gasteiger partial charge on any atom is -0.364 e. The van der Waals surface area contributed by atoms with E-state index >= 15 is 0 Å². The van der Waals surface area contributed by atoms with Gasteiger partial charge in [-0.2, -0.15) is 0 Å². The van der Waals surface area contributed by atoms with Crippen LogP contribution >= 0.6 is 12.4 Å². The summed E-state index contributed by atoms with van der Waals surface area (Å²) in [6, 6.07) is 9.51. The lowest BCUT2D eigenvalue weighted by Gasteiger charge is -2.45. The van der Waals surface area contributed by atoms with Crippen LogP contribution in [0.15, 0.2) is 36.4 Å². The van der Waals surface area contributed by atoms with E-state index in [1.54, 1.807) is 29.2 Å². The van der Waals surface area contributed by atoms with Crippen LogP contribution in [0, 0.1) is 17.6 Å². The van der Waals surface area contributed by atoms with Crippen LogP contribution in [0.25, 0.3) is 11.1 Å². The first-order valence-electron chi connectivity index (χ1n) is 9.95. The molecule has 2 fully saturated rings. The van der Waals surface area contributed by atoms with Crippen LogP contribution in [0.5, 0.6) is 0 Å². The van der Waals surface area contributed by atoms with E-state index in [1.165, 1.54) is 25.0 Å². The second-order valence-electron chi connectivity index (χ2n) is 8.40. The molecule has 0 spiro atoms. The number of nitrogens with zero attached hydrogens (tertiary/aromatic N) is 2. The molecule has 0 aromatic heterocycles. The molecule has 0 amide bonds. The van der Waals surface area contributed by atoms with Crippen LogP contribution < -0.4 is 4.90 Å². The molecule has 1 heterocycles. The third-order valence-corrected chi connectivity index (χ3v) is 6.40. The van der Waals surface area contributed by atoms with Gasteiger partial charge in [-0.3, -0.25) is 9.69 Å². The Balaban J connectivity index is 0.00000240. The Bertz CT molecular complexity index is 867. The topological polar surface area (TPSA) is 23.6 Å². The van der Waals surface area contributed by atoms with E-state index in [0.717, 1.165) is 19.0 Å². The van der Waals surface area contributed by atoms with Crippen LogP contribution in [0.4, 0.5) is 14.5 Å². The van der Waals surface area contributed by atoms with Gasteiger partial charge in [-0.05, 0) is 55.9 Å². The monoisotopic (exact) mass is 420 g/mol. The van der Waals surface area contributed by atoms with Crippen LogP contribution in [-0.2, 0) is 0 Å². The lowest BCUT2D eigenvalue weighted by Crippen LogP contribution is -2.55. The maximum Gasteiger partial charge on any atom is 0.150 e. The first-order chi connectivity index (χ1) is 13.4. The zero-order valence-electron chi connectivity index (χ0n) is 16.8. The Morgan fingerprint density at radius 3 is 2.14 bits per heavy atom. The molecular weight excluding hydrogens is 394 g/mol. The van der Waals surface area contributed by atoms with E-state index in [4.69, 9.17) is 0 Å². The SMILES string of the molecule is CC(C)(C1CC1)N1CCN(c2c(F)cc(-c3ccccc3C=O)cc2F)CC1.Cl. The molecule has 0 atom stereocenters. The molecule has 2 aromatic rings. The van der Waals surface area contributed by atoms with Gasteiger partial charge in [0.05, 0.1) is 0 Å². The molecule has 0 bridgehead atoms. The van der Waals surface area contributed by atoms with Gasteiger partial charge in [0.2, 0.25) is 0 Å². The molecule has 1 aliphatic carbocycles. The molecule has 1 saturated carbocycles. The number of aldehydes is 1. The van der Waals surface area contributed by atoms with Gasteiger partial charge in [0.1, 0.15) is 17.3 Å². The molecular formula is C23H27ClF2N2O. The molecule has 6 heteroatoms. The van der Waals surface area contributed by atoms with Crippen LogP contribution in [0.1, 0.15) is 37.0 Å². The molecule has 29 heavy (non-hydrogen) atoms. The minimum absolute atomic E-state index is 0. The molecule has 1 saturated heterocycles. The highest BCUT2D eigenvalue weighted by Gasteiger charge is 2.42. The summed E-state index contributed by atoms with van der Waals surface area (Å²) in [6.45, 7) is 7.38. The first-order valence-corrected chi connectivity index (χ1v) is 9.95. The number of anilines is 1. The summed E-state index contributed by atoms with van der Waals surface area (Å²) in [6.07, 6.45) is 3.26. The van der Waals surface area contributed by atoms with E-state index in [0.29, 0.717) is 36.1 Å². The van der Waals surface area contributed by atoms with E-state index < -0.39 is 11.6 Å². The summed E-state index contributed by atoms with van der Waals surface area (Å²) in [4.78, 5) is 15.5. The van der Waals surface area contributed by atoms with E-state index in [-0.39, 0.29) is 23.6 Å². The van der Waals surface area contributed by atoms with Crippen molar-refractivity contribution in [1.82, 2.24) is 4.90 Å². The van der Waals surface area contributed by atoms with E-state index in [9.17, 15) is 13.6 Å². The maximum atomic E-state index is 14.9. The largest absolute Gasteiger partial charge is 0.364 e. The average Bonchev–Trinajstić information content (AvgIpc) is 3.53. The molecule has 2 aromatic carbocycles. The molecule has 156 valence electrons. The predicted octanol–water partition coefficient (Wildman–Crippen LogP) is 5.18. The fourth-order valence-corrected chi connectivity index (χ4v) is 4.44. The number of carbonyl (C=O) groups is 1. The molecule has 0 radical (unpaired) electrons. The van der Waals surface area contributed by atoms with Crippen molar-refractivity contribution in [2.24, 2.45) is 5.92 Å². The van der Waals surface area contributed by atoms with E-state index in [2.05, 4.69) is 18.7 Å². The van der Waals surface area contributed by atoms with Crippen molar-refractivity contribution in [3.63, 3.8) is 0 Å². The average molecular weight is 421 g/mol. The fraction of sp³-hybridized carbons (Fsp3) is 0.435. The van der Waals surface area contributed by atoms with Gasteiger partial charge in [-0.25, -0.2) is 8.78 Å². The van der Waals surface area contributed by atoms with Crippen molar-refractivity contribution in [3.8, 4) is 11.1 Å². The summed E-state index contributed by atoms with van der Waals surface area (Å²) in [5.74, 6) is -0.416. The van der Waals surface area contributed by atoms with Crippen molar-refractivity contribution in [2.45, 2.75) is 32.2 Å². The standard InChI is InChI=1S/C23H26F2N2O.ClH/c1-23(2,18-7-8-18)27-11-9-26(10-12-27)22-20(24)13-17(14-21(22)25)19-6-4-3-5-16(19)15-28;/h3-6,13-15,18H,7-12H2,1-2H3;1H. The summed E-state index contributed by atoms with van der Waals surface area (Å²) >= 11 is 0. The Labute approximate surface area is 177 Å². The number of rotatable bonds is 5. The summed E-state index contributed by atoms with van der Waals surface area (Å²) in [5, 5.41) is 0. The highest BCUT2D eigenvalue weighted by molar-refractivity contribution is 5.87. The molecule has 2 aliphatic rings. The van der Waals surface area contributed by atoms with Crippen molar-refractivity contribution in [3.05, 3.63) is 53.6 Å². The second-order valence-corrected chi connectivity index (χ2v) is 8.40. The Hall–Kier alpha value is -1.98. The quantitative estimate of drug-likeness (QED) is 0.623. The molecule has 4 rings (SSSR count). The number of hydrogen-bond acceptors (Lipinski definition) is 3. The van der Waals surface area contributed by atoms with Gasteiger partial charge in [0, 0.05) is 37.3 Å². The van der Waals surface area contributed by atoms with Crippen molar-refractivity contribution in [1.29, 1.82) is 0 Å². The first kappa shape index (κ1) is 21.7. The third-order valence-electron chi connectivity index (χ3n) is 6.40. The number of carbonyl (C=O) groups excluding carboxylic acids is 1. The summed E-state index contributed by atoms with van der Waals surface area (Å²) in [5.41, 5.74) is 1.54.